The molecule has 0 radical (unpaired) electrons. The number of ketones is 2. The molecule has 220 valence electrons. The number of rotatable bonds is 5. The number of amides is 1. The van der Waals surface area contributed by atoms with E-state index >= 15 is 0 Å². The third-order valence-corrected chi connectivity index (χ3v) is 7.00. The van der Waals surface area contributed by atoms with Crippen LogP contribution in [-0.4, -0.2) is 63.5 Å². The van der Waals surface area contributed by atoms with Crippen LogP contribution in [0.3, 0.4) is 0 Å². The van der Waals surface area contributed by atoms with Crippen LogP contribution in [0, 0.1) is 11.7 Å². The summed E-state index contributed by atoms with van der Waals surface area (Å²) in [5, 5.41) is 0.818. The SMILES string of the molecule is O=C1C=CN2N3C(=O)C(OC(=O)C(F)(F)F)(c4ccccc4)C(=O)C3C1C2(Cc1cccc(F)c1)OC(=O)C(F)(F)F. The zero-order chi connectivity index (χ0) is 30.8. The van der Waals surface area contributed by atoms with Crippen molar-refractivity contribution in [2.24, 2.45) is 5.92 Å². The Balaban J connectivity index is 1.70. The van der Waals surface area contributed by atoms with Gasteiger partial charge < -0.3 is 9.47 Å². The minimum absolute atomic E-state index is 0.137. The van der Waals surface area contributed by atoms with E-state index in [2.05, 4.69) is 4.74 Å². The summed E-state index contributed by atoms with van der Waals surface area (Å²) in [6.45, 7) is 0. The van der Waals surface area contributed by atoms with E-state index in [9.17, 15) is 54.7 Å². The molecule has 2 saturated heterocycles. The maximum Gasteiger partial charge on any atom is 0.491 e. The topological polar surface area (TPSA) is 110 Å². The van der Waals surface area contributed by atoms with Gasteiger partial charge in [0.25, 0.3) is 11.5 Å². The van der Waals surface area contributed by atoms with Crippen molar-refractivity contribution < 1.29 is 64.2 Å². The molecule has 5 rings (SSSR count). The molecule has 16 heteroatoms. The molecule has 42 heavy (non-hydrogen) atoms. The highest BCUT2D eigenvalue weighted by atomic mass is 19.4. The van der Waals surface area contributed by atoms with Crippen LogP contribution < -0.4 is 0 Å². The highest BCUT2D eigenvalue weighted by Crippen LogP contribution is 2.54. The zero-order valence-corrected chi connectivity index (χ0v) is 20.6. The first-order valence-corrected chi connectivity index (χ1v) is 11.8. The summed E-state index contributed by atoms with van der Waals surface area (Å²) in [5.74, 6) is -13.3. The number of hydrogen-bond donors (Lipinski definition) is 0. The number of carbonyl (C=O) groups is 5. The van der Waals surface area contributed by atoms with E-state index in [-0.39, 0.29) is 5.56 Å². The monoisotopic (exact) mass is 600 g/mol. The Morgan fingerprint density at radius 1 is 0.857 bits per heavy atom. The predicted octanol–water partition coefficient (Wildman–Crippen LogP) is 2.89. The fourth-order valence-electron chi connectivity index (χ4n) is 5.42. The Hall–Kier alpha value is -4.76. The van der Waals surface area contributed by atoms with Crippen LogP contribution in [0.4, 0.5) is 30.7 Å². The summed E-state index contributed by atoms with van der Waals surface area (Å²) < 4.78 is 104. The number of Topliss-reactive ketones (excluding diaryl/α,β-unsaturated/α-hetero) is 1. The van der Waals surface area contributed by atoms with Crippen molar-refractivity contribution in [1.29, 1.82) is 0 Å². The Bertz CT molecular complexity index is 1540. The first-order valence-electron chi connectivity index (χ1n) is 11.8. The summed E-state index contributed by atoms with van der Waals surface area (Å²) in [6, 6.07) is 7.70. The standard InChI is InChI=1S/C26H15F7N2O7/c27-15-8-4-5-13(11-15)12-23(41-21(39)25(28,29)30)17-16(36)9-10-34(23)35-18(17)19(37)24(20(35)38,14-6-2-1-3-7-14)42-22(40)26(31,32)33/h1-11,17-18H,12H2. The summed E-state index contributed by atoms with van der Waals surface area (Å²) >= 11 is 0. The van der Waals surface area contributed by atoms with Gasteiger partial charge in [-0.1, -0.05) is 42.5 Å². The highest BCUT2D eigenvalue weighted by molar-refractivity contribution is 6.21. The maximum atomic E-state index is 14.0. The molecule has 9 nitrogen and oxygen atoms in total. The van der Waals surface area contributed by atoms with Crippen LogP contribution in [0.1, 0.15) is 11.1 Å². The van der Waals surface area contributed by atoms with E-state index in [4.69, 9.17) is 4.74 Å². The van der Waals surface area contributed by atoms with Crippen molar-refractivity contribution in [2.75, 3.05) is 0 Å². The highest BCUT2D eigenvalue weighted by Gasteiger charge is 2.78. The summed E-state index contributed by atoms with van der Waals surface area (Å²) in [6.07, 6.45) is -10.8. The molecule has 1 amide bonds. The number of benzene rings is 2. The third kappa shape index (κ3) is 4.19. The second-order valence-electron chi connectivity index (χ2n) is 9.47. The van der Waals surface area contributed by atoms with E-state index in [1.54, 1.807) is 0 Å². The molecule has 2 fully saturated rings. The molecule has 3 heterocycles. The van der Waals surface area contributed by atoms with Crippen molar-refractivity contribution in [2.45, 2.75) is 36.1 Å². The molecule has 0 N–H and O–H groups in total. The van der Waals surface area contributed by atoms with E-state index < -0.39 is 82.9 Å². The van der Waals surface area contributed by atoms with Crippen LogP contribution in [-0.2, 0) is 45.5 Å². The first-order chi connectivity index (χ1) is 19.5. The molecule has 2 aromatic carbocycles. The van der Waals surface area contributed by atoms with Crippen LogP contribution in [0.2, 0.25) is 0 Å². The molecule has 2 bridgehead atoms. The molecule has 0 aliphatic carbocycles. The lowest BCUT2D eigenvalue weighted by Crippen LogP contribution is -2.61. The van der Waals surface area contributed by atoms with Crippen LogP contribution in [0.5, 0.6) is 0 Å². The molecule has 3 aliphatic rings. The quantitative estimate of drug-likeness (QED) is 0.293. The van der Waals surface area contributed by atoms with Gasteiger partial charge in [-0.3, -0.25) is 14.4 Å². The second kappa shape index (κ2) is 9.39. The van der Waals surface area contributed by atoms with Crippen LogP contribution >= 0.6 is 0 Å². The fraction of sp³-hybridized carbons (Fsp3) is 0.269. The lowest BCUT2D eigenvalue weighted by Gasteiger charge is -2.44. The number of allylic oxidation sites excluding steroid dienone is 1. The number of nitrogens with zero attached hydrogens (tertiary/aromatic N) is 2. The Morgan fingerprint density at radius 2 is 1.48 bits per heavy atom. The Labute approximate surface area is 230 Å². The first kappa shape index (κ1) is 28.8. The van der Waals surface area contributed by atoms with E-state index in [1.807, 2.05) is 0 Å². The van der Waals surface area contributed by atoms with Gasteiger partial charge in [0.05, 0.1) is 0 Å². The Morgan fingerprint density at radius 3 is 2.07 bits per heavy atom. The molecular weight excluding hydrogens is 585 g/mol. The number of ether oxygens (including phenoxy) is 2. The predicted molar refractivity (Wildman–Crippen MR) is 120 cm³/mol. The van der Waals surface area contributed by atoms with Gasteiger partial charge in [0.1, 0.15) is 17.8 Å². The number of fused-ring (bicyclic) bond motifs is 5. The Kier molecular flexibility index (Phi) is 6.43. The number of esters is 2. The van der Waals surface area contributed by atoms with Gasteiger partial charge in [0.15, 0.2) is 5.78 Å². The second-order valence-corrected chi connectivity index (χ2v) is 9.47. The molecule has 0 spiro atoms. The van der Waals surface area contributed by atoms with E-state index in [0.29, 0.717) is 16.2 Å². The third-order valence-electron chi connectivity index (χ3n) is 7.00. The van der Waals surface area contributed by atoms with E-state index in [1.165, 1.54) is 24.3 Å². The van der Waals surface area contributed by atoms with Crippen LogP contribution in [0.15, 0.2) is 66.9 Å². The molecule has 2 aromatic rings. The minimum atomic E-state index is -5.69. The van der Waals surface area contributed by atoms with Crippen molar-refractivity contribution >= 4 is 29.4 Å². The maximum absolute atomic E-state index is 14.0. The molecule has 0 saturated carbocycles. The number of hydrogen-bond acceptors (Lipinski definition) is 8. The van der Waals surface area contributed by atoms with Crippen molar-refractivity contribution in [1.82, 2.24) is 10.0 Å². The van der Waals surface area contributed by atoms with Gasteiger partial charge in [-0.2, -0.15) is 26.3 Å². The number of alkyl halides is 6. The minimum Gasteiger partial charge on any atom is -0.429 e. The van der Waals surface area contributed by atoms with Gasteiger partial charge >= 0.3 is 24.3 Å². The summed E-state index contributed by atoms with van der Waals surface area (Å²) in [5.41, 5.74) is -6.83. The lowest BCUT2D eigenvalue weighted by molar-refractivity contribution is -0.241. The summed E-state index contributed by atoms with van der Waals surface area (Å²) in [7, 11) is 0. The fourth-order valence-corrected chi connectivity index (χ4v) is 5.42. The van der Waals surface area contributed by atoms with E-state index in [0.717, 1.165) is 36.4 Å². The van der Waals surface area contributed by atoms with Crippen molar-refractivity contribution in [3.05, 3.63) is 83.8 Å². The average molecular weight is 600 g/mol. The largest absolute Gasteiger partial charge is 0.491 e. The van der Waals surface area contributed by atoms with Crippen molar-refractivity contribution in [3.63, 3.8) is 0 Å². The molecule has 4 unspecified atom stereocenters. The van der Waals surface area contributed by atoms with Gasteiger partial charge in [0.2, 0.25) is 11.5 Å². The van der Waals surface area contributed by atoms with Crippen molar-refractivity contribution in [3.8, 4) is 0 Å². The number of hydrazine groups is 1. The van der Waals surface area contributed by atoms with Crippen LogP contribution in [0.25, 0.3) is 0 Å². The van der Waals surface area contributed by atoms with Gasteiger partial charge in [-0.05, 0) is 23.8 Å². The molecule has 0 aromatic heterocycles. The number of halogens is 7. The zero-order valence-electron chi connectivity index (χ0n) is 20.6. The number of carbonyl (C=O) groups excluding carboxylic acids is 5. The smallest absolute Gasteiger partial charge is 0.429 e. The summed E-state index contributed by atoms with van der Waals surface area (Å²) in [4.78, 5) is 65.3. The lowest BCUT2D eigenvalue weighted by atomic mass is 9.77. The molecule has 3 aliphatic heterocycles. The average Bonchev–Trinajstić information content (AvgIpc) is 3.20. The van der Waals surface area contributed by atoms with Gasteiger partial charge in [0, 0.05) is 18.2 Å². The van der Waals surface area contributed by atoms with Gasteiger partial charge in [-0.15, -0.1) is 0 Å². The normalized spacial score (nSPS) is 26.9. The molecule has 4 atom stereocenters. The van der Waals surface area contributed by atoms with Gasteiger partial charge in [-0.25, -0.2) is 24.0 Å². The molecular formula is C26H15F7N2O7.